The Morgan fingerprint density at radius 2 is 1.69 bits per heavy atom. The lowest BCUT2D eigenvalue weighted by Gasteiger charge is -2.19. The van der Waals surface area contributed by atoms with Crippen LogP contribution in [0.25, 0.3) is 38.9 Å². The second-order valence-corrected chi connectivity index (χ2v) is 8.83. The van der Waals surface area contributed by atoms with Gasteiger partial charge in [0, 0.05) is 5.56 Å². The number of rotatable bonds is 5. The van der Waals surface area contributed by atoms with Crippen molar-refractivity contribution in [2.75, 3.05) is 12.8 Å². The zero-order chi connectivity index (χ0) is 27.3. The molecule has 0 bridgehead atoms. The molecular weight excluding hydrogens is 504 g/mol. The van der Waals surface area contributed by atoms with Crippen LogP contribution in [0.4, 0.5) is 14.6 Å². The monoisotopic (exact) mass is 525 g/mol. The average Bonchev–Trinajstić information content (AvgIpc) is 3.35. The number of nitrogens with zero attached hydrogens (tertiary/aromatic N) is 6. The van der Waals surface area contributed by atoms with Gasteiger partial charge in [0.25, 0.3) is 5.56 Å². The van der Waals surface area contributed by atoms with Crippen molar-refractivity contribution in [3.8, 4) is 22.7 Å². The van der Waals surface area contributed by atoms with E-state index < -0.39 is 17.7 Å². The van der Waals surface area contributed by atoms with Gasteiger partial charge in [-0.15, -0.1) is 0 Å². The number of hydrogen-bond acceptors (Lipinski definition) is 7. The van der Waals surface area contributed by atoms with Gasteiger partial charge in [0.1, 0.15) is 29.7 Å². The van der Waals surface area contributed by atoms with Crippen LogP contribution in [-0.4, -0.2) is 36.4 Å². The molecule has 0 radical (unpaired) electrons. The first-order chi connectivity index (χ1) is 18.9. The van der Waals surface area contributed by atoms with Crippen molar-refractivity contribution < 1.29 is 13.5 Å². The van der Waals surface area contributed by atoms with Crippen LogP contribution in [0, 0.1) is 11.6 Å². The smallest absolute Gasteiger partial charge is 0.266 e. The molecule has 3 aromatic carbocycles. The number of halogens is 2. The molecular formula is C28H21F2N7O2. The molecule has 0 saturated carbocycles. The summed E-state index contributed by atoms with van der Waals surface area (Å²) < 4.78 is 37.8. The fourth-order valence-electron chi connectivity index (χ4n) is 4.69. The van der Waals surface area contributed by atoms with Gasteiger partial charge in [-0.25, -0.2) is 24.0 Å². The molecule has 0 aliphatic carbocycles. The number of anilines is 1. The zero-order valence-electron chi connectivity index (χ0n) is 20.8. The van der Waals surface area contributed by atoms with Crippen molar-refractivity contribution in [1.29, 1.82) is 0 Å². The second kappa shape index (κ2) is 9.28. The Morgan fingerprint density at radius 1 is 0.949 bits per heavy atom. The minimum atomic E-state index is -1.16. The molecule has 2 N–H and O–H groups in total. The third kappa shape index (κ3) is 3.78. The highest BCUT2D eigenvalue weighted by molar-refractivity contribution is 5.98. The molecule has 194 valence electrons. The van der Waals surface area contributed by atoms with E-state index in [1.54, 1.807) is 43.3 Å². The molecule has 0 amide bonds. The number of methoxy groups -OCH3 is 1. The quantitative estimate of drug-likeness (QED) is 0.348. The normalized spacial score (nSPS) is 12.2. The molecule has 11 heteroatoms. The van der Waals surface area contributed by atoms with Crippen molar-refractivity contribution in [1.82, 2.24) is 29.3 Å². The third-order valence-electron chi connectivity index (χ3n) is 6.60. The number of benzene rings is 3. The highest BCUT2D eigenvalue weighted by atomic mass is 19.2. The summed E-state index contributed by atoms with van der Waals surface area (Å²) >= 11 is 0. The number of nitrogen functional groups attached to an aromatic ring is 1. The Bertz CT molecular complexity index is 1940. The summed E-state index contributed by atoms with van der Waals surface area (Å²) in [7, 11) is 1.25. The van der Waals surface area contributed by atoms with Crippen molar-refractivity contribution in [2.45, 2.75) is 13.0 Å². The topological polar surface area (TPSA) is 114 Å². The molecule has 1 unspecified atom stereocenters. The molecule has 39 heavy (non-hydrogen) atoms. The highest BCUT2D eigenvalue weighted by Crippen LogP contribution is 2.36. The number of para-hydroxylation sites is 2. The van der Waals surface area contributed by atoms with E-state index in [9.17, 15) is 9.18 Å². The van der Waals surface area contributed by atoms with Gasteiger partial charge in [0.15, 0.2) is 17.2 Å². The van der Waals surface area contributed by atoms with Gasteiger partial charge in [0.2, 0.25) is 5.82 Å². The lowest BCUT2D eigenvalue weighted by atomic mass is 10.1. The summed E-state index contributed by atoms with van der Waals surface area (Å²) in [6.45, 7) is 1.79. The number of hydrogen-bond donors (Lipinski definition) is 1. The Kier molecular flexibility index (Phi) is 5.75. The fourth-order valence-corrected chi connectivity index (χ4v) is 4.69. The molecule has 0 saturated heterocycles. The minimum absolute atomic E-state index is 0.0380. The first kappa shape index (κ1) is 24.2. The molecule has 1 atom stereocenters. The maximum atomic E-state index is 15.2. The Labute approximate surface area is 220 Å². The van der Waals surface area contributed by atoms with Crippen LogP contribution in [0.15, 0.2) is 77.9 Å². The maximum absolute atomic E-state index is 15.2. The largest absolute Gasteiger partial charge is 0.494 e. The summed E-state index contributed by atoms with van der Waals surface area (Å²) in [6, 6.07) is 18.1. The van der Waals surface area contributed by atoms with Crippen LogP contribution in [0.1, 0.15) is 18.8 Å². The summed E-state index contributed by atoms with van der Waals surface area (Å²) in [5, 5.41) is 5.32. The number of fused-ring (bicyclic) bond motifs is 2. The van der Waals surface area contributed by atoms with Crippen LogP contribution >= 0.6 is 0 Å². The first-order valence-corrected chi connectivity index (χ1v) is 12.0. The van der Waals surface area contributed by atoms with Crippen LogP contribution in [-0.2, 0) is 0 Å². The van der Waals surface area contributed by atoms with Gasteiger partial charge in [-0.05, 0) is 43.3 Å². The average molecular weight is 526 g/mol. The van der Waals surface area contributed by atoms with E-state index in [0.29, 0.717) is 22.4 Å². The van der Waals surface area contributed by atoms with Gasteiger partial charge in [-0.1, -0.05) is 30.3 Å². The van der Waals surface area contributed by atoms with Crippen LogP contribution < -0.4 is 16.0 Å². The van der Waals surface area contributed by atoms with E-state index in [-0.39, 0.29) is 39.4 Å². The third-order valence-corrected chi connectivity index (χ3v) is 6.60. The minimum Gasteiger partial charge on any atom is -0.494 e. The van der Waals surface area contributed by atoms with Crippen molar-refractivity contribution in [3.63, 3.8) is 0 Å². The first-order valence-electron chi connectivity index (χ1n) is 12.0. The van der Waals surface area contributed by atoms with Gasteiger partial charge in [-0.2, -0.15) is 9.49 Å². The number of ether oxygens (including phenoxy) is 1. The molecule has 6 aromatic rings. The van der Waals surface area contributed by atoms with E-state index in [0.717, 1.165) is 0 Å². The molecule has 0 aliphatic rings. The molecule has 0 spiro atoms. The fraction of sp³-hybridized carbons (Fsp3) is 0.107. The van der Waals surface area contributed by atoms with E-state index >= 15 is 4.39 Å². The van der Waals surface area contributed by atoms with Crippen LogP contribution in [0.3, 0.4) is 0 Å². The van der Waals surface area contributed by atoms with Gasteiger partial charge < -0.3 is 10.5 Å². The van der Waals surface area contributed by atoms with Gasteiger partial charge >= 0.3 is 0 Å². The molecule has 0 fully saturated rings. The Morgan fingerprint density at radius 3 is 2.46 bits per heavy atom. The summed E-state index contributed by atoms with van der Waals surface area (Å²) in [4.78, 5) is 27.0. The molecule has 3 aromatic heterocycles. The number of nitrogens with two attached hydrogens (primary N) is 1. The van der Waals surface area contributed by atoms with E-state index in [1.807, 2.05) is 18.2 Å². The SMILES string of the molecule is COc1ccc(-c2nn(C(C)c3nc4ccccc4c(=O)n3-c3ccccc3)c3ncnc(N)c23)c(F)c1F. The highest BCUT2D eigenvalue weighted by Gasteiger charge is 2.27. The second-order valence-electron chi connectivity index (χ2n) is 8.83. The van der Waals surface area contributed by atoms with Crippen LogP contribution in [0.5, 0.6) is 5.75 Å². The van der Waals surface area contributed by atoms with Crippen LogP contribution in [0.2, 0.25) is 0 Å². The van der Waals surface area contributed by atoms with Crippen molar-refractivity contribution in [2.24, 2.45) is 0 Å². The standard InChI is InChI=1S/C28H21F2N7O2/c1-15(26-34-19-11-7-6-10-17(19)28(38)36(26)16-8-4-3-5-9-16)37-27-21(25(31)32-14-33-27)24(35-37)18-12-13-20(39-2)23(30)22(18)29/h3-15H,1-2H3,(H2,31,32,33). The molecule has 6 rings (SSSR count). The molecule has 9 nitrogen and oxygen atoms in total. The zero-order valence-corrected chi connectivity index (χ0v) is 20.8. The predicted octanol–water partition coefficient (Wildman–Crippen LogP) is 4.67. The van der Waals surface area contributed by atoms with E-state index in [1.165, 1.54) is 34.8 Å². The summed E-state index contributed by atoms with van der Waals surface area (Å²) in [6.07, 6.45) is 1.26. The summed E-state index contributed by atoms with van der Waals surface area (Å²) in [5.41, 5.74) is 7.22. The van der Waals surface area contributed by atoms with E-state index in [2.05, 4.69) is 15.1 Å². The Balaban J connectivity index is 1.64. The lowest BCUT2D eigenvalue weighted by Crippen LogP contribution is -2.27. The van der Waals surface area contributed by atoms with E-state index in [4.69, 9.17) is 15.5 Å². The Hall–Kier alpha value is -5.19. The van der Waals surface area contributed by atoms with Crippen molar-refractivity contribution >= 4 is 27.8 Å². The predicted molar refractivity (Wildman–Crippen MR) is 143 cm³/mol. The van der Waals surface area contributed by atoms with Crippen molar-refractivity contribution in [3.05, 3.63) is 101 Å². The number of aromatic nitrogens is 6. The lowest BCUT2D eigenvalue weighted by molar-refractivity contribution is 0.372. The maximum Gasteiger partial charge on any atom is 0.266 e. The molecule has 3 heterocycles. The molecule has 0 aliphatic heterocycles. The summed E-state index contributed by atoms with van der Waals surface area (Å²) in [5.74, 6) is -2.16. The van der Waals surface area contributed by atoms with Gasteiger partial charge in [0.05, 0.1) is 29.1 Å². The van der Waals surface area contributed by atoms with Gasteiger partial charge in [-0.3, -0.25) is 9.36 Å².